The van der Waals surface area contributed by atoms with Gasteiger partial charge in [-0.1, -0.05) is 23.2 Å². The van der Waals surface area contributed by atoms with Gasteiger partial charge in [0.2, 0.25) is 0 Å². The monoisotopic (exact) mass is 363 g/mol. The molecule has 122 valence electrons. The van der Waals surface area contributed by atoms with Crippen LogP contribution in [-0.2, 0) is 4.79 Å². The van der Waals surface area contributed by atoms with E-state index >= 15 is 0 Å². The summed E-state index contributed by atoms with van der Waals surface area (Å²) in [7, 11) is 1.54. The van der Waals surface area contributed by atoms with E-state index < -0.39 is 0 Å². The van der Waals surface area contributed by atoms with Crippen LogP contribution in [0.5, 0.6) is 11.5 Å². The van der Waals surface area contributed by atoms with Crippen molar-refractivity contribution in [1.29, 1.82) is 0 Å². The number of benzene rings is 2. The molecule has 2 aromatic rings. The minimum absolute atomic E-state index is 0.102. The molecular weight excluding hydrogens is 353 g/mol. The SMILES string of the molecule is COc1ccc2c(c1)/C(=N/N=C/c1cc(Cl)c(O)c(Cl)c1)C(=O)N2. The van der Waals surface area contributed by atoms with E-state index in [1.165, 1.54) is 18.3 Å². The number of nitrogens with zero attached hydrogens (tertiary/aromatic N) is 2. The van der Waals surface area contributed by atoms with Crippen molar-refractivity contribution in [3.8, 4) is 11.5 Å². The van der Waals surface area contributed by atoms with Crippen LogP contribution in [0.2, 0.25) is 10.0 Å². The maximum absolute atomic E-state index is 12.0. The fourth-order valence-electron chi connectivity index (χ4n) is 2.17. The summed E-state index contributed by atoms with van der Waals surface area (Å²) < 4.78 is 5.15. The number of aromatic hydroxyl groups is 1. The number of phenolic OH excluding ortho intramolecular Hbond substituents is 1. The summed E-state index contributed by atoms with van der Waals surface area (Å²) in [6.45, 7) is 0. The maximum atomic E-state index is 12.0. The van der Waals surface area contributed by atoms with Gasteiger partial charge in [0.05, 0.1) is 29.1 Å². The molecule has 3 rings (SSSR count). The van der Waals surface area contributed by atoms with Gasteiger partial charge in [-0.05, 0) is 35.9 Å². The number of fused-ring (bicyclic) bond motifs is 1. The standard InChI is InChI=1S/C16H11Cl2N3O3/c1-24-9-2-3-13-10(6-9)14(16(23)20-13)21-19-7-8-4-11(17)15(22)12(18)5-8/h2-7,22H,1H3,(H,20,21,23)/b19-7+. The molecule has 0 atom stereocenters. The minimum atomic E-state index is -0.350. The number of hydrogen-bond donors (Lipinski definition) is 2. The van der Waals surface area contributed by atoms with Gasteiger partial charge in [-0.25, -0.2) is 0 Å². The number of halogens is 2. The van der Waals surface area contributed by atoms with Gasteiger partial charge in [0.15, 0.2) is 11.5 Å². The molecule has 6 nitrogen and oxygen atoms in total. The van der Waals surface area contributed by atoms with E-state index in [4.69, 9.17) is 27.9 Å². The van der Waals surface area contributed by atoms with Crippen LogP contribution >= 0.6 is 23.2 Å². The third-order valence-electron chi connectivity index (χ3n) is 3.35. The molecule has 0 saturated heterocycles. The predicted molar refractivity (Wildman–Crippen MR) is 93.9 cm³/mol. The average Bonchev–Trinajstić information content (AvgIpc) is 2.87. The van der Waals surface area contributed by atoms with Crippen LogP contribution in [0, 0.1) is 0 Å². The highest BCUT2D eigenvalue weighted by Gasteiger charge is 2.26. The Morgan fingerprint density at radius 1 is 1.21 bits per heavy atom. The van der Waals surface area contributed by atoms with Crippen LogP contribution in [0.15, 0.2) is 40.5 Å². The van der Waals surface area contributed by atoms with Crippen LogP contribution < -0.4 is 10.1 Å². The maximum Gasteiger partial charge on any atom is 0.276 e. The van der Waals surface area contributed by atoms with E-state index in [1.807, 2.05) is 0 Å². The van der Waals surface area contributed by atoms with Gasteiger partial charge in [0.1, 0.15) is 5.75 Å². The van der Waals surface area contributed by atoms with E-state index in [9.17, 15) is 9.90 Å². The zero-order valence-electron chi connectivity index (χ0n) is 12.4. The summed E-state index contributed by atoms with van der Waals surface area (Å²) in [4.78, 5) is 12.0. The first kappa shape index (κ1) is 16.3. The van der Waals surface area contributed by atoms with E-state index in [-0.39, 0.29) is 27.4 Å². The summed E-state index contributed by atoms with van der Waals surface area (Å²) in [6, 6.07) is 8.15. The lowest BCUT2D eigenvalue weighted by Gasteiger charge is -2.02. The molecule has 0 fully saturated rings. The third-order valence-corrected chi connectivity index (χ3v) is 3.93. The van der Waals surface area contributed by atoms with E-state index in [2.05, 4.69) is 15.5 Å². The zero-order chi connectivity index (χ0) is 17.3. The molecule has 0 radical (unpaired) electrons. The number of hydrogen-bond acceptors (Lipinski definition) is 5. The molecule has 0 aliphatic carbocycles. The van der Waals surface area contributed by atoms with Gasteiger partial charge in [-0.15, -0.1) is 5.10 Å². The lowest BCUT2D eigenvalue weighted by atomic mass is 10.1. The Morgan fingerprint density at radius 2 is 1.92 bits per heavy atom. The molecular formula is C16H11Cl2N3O3. The lowest BCUT2D eigenvalue weighted by molar-refractivity contribution is -0.110. The molecule has 1 aliphatic heterocycles. The Kier molecular flexibility index (Phi) is 4.42. The molecule has 2 aromatic carbocycles. The highest BCUT2D eigenvalue weighted by atomic mass is 35.5. The molecule has 0 bridgehead atoms. The fourth-order valence-corrected chi connectivity index (χ4v) is 2.68. The van der Waals surface area contributed by atoms with Gasteiger partial charge in [-0.3, -0.25) is 4.79 Å². The normalized spacial score (nSPS) is 15.0. The molecule has 0 saturated carbocycles. The van der Waals surface area contributed by atoms with E-state index in [1.54, 1.807) is 25.3 Å². The number of rotatable bonds is 3. The molecule has 1 heterocycles. The molecule has 2 N–H and O–H groups in total. The highest BCUT2D eigenvalue weighted by Crippen LogP contribution is 2.32. The summed E-state index contributed by atoms with van der Waals surface area (Å²) in [5.41, 5.74) is 1.97. The number of methoxy groups -OCH3 is 1. The number of nitrogens with one attached hydrogen (secondary N) is 1. The van der Waals surface area contributed by atoms with Gasteiger partial charge in [0, 0.05) is 5.56 Å². The summed E-state index contributed by atoms with van der Waals surface area (Å²) in [6.07, 6.45) is 1.38. The molecule has 0 unspecified atom stereocenters. The quantitative estimate of drug-likeness (QED) is 0.646. The fraction of sp³-hybridized carbons (Fsp3) is 0.0625. The largest absolute Gasteiger partial charge is 0.505 e. The lowest BCUT2D eigenvalue weighted by Crippen LogP contribution is -2.13. The molecule has 1 amide bonds. The average molecular weight is 364 g/mol. The van der Waals surface area contributed by atoms with Crippen LogP contribution in [0.3, 0.4) is 0 Å². The first-order valence-corrected chi connectivity index (χ1v) is 7.54. The predicted octanol–water partition coefficient (Wildman–Crippen LogP) is 3.48. The highest BCUT2D eigenvalue weighted by molar-refractivity contribution is 6.53. The van der Waals surface area contributed by atoms with Crippen LogP contribution in [0.25, 0.3) is 0 Å². The Balaban J connectivity index is 1.92. The van der Waals surface area contributed by atoms with E-state index in [0.29, 0.717) is 22.6 Å². The van der Waals surface area contributed by atoms with Crippen molar-refractivity contribution in [3.05, 3.63) is 51.5 Å². The number of ether oxygens (including phenoxy) is 1. The van der Waals surface area contributed by atoms with Gasteiger partial charge in [-0.2, -0.15) is 5.10 Å². The summed E-state index contributed by atoms with van der Waals surface area (Å²) in [5.74, 6) is 0.0641. The van der Waals surface area contributed by atoms with Gasteiger partial charge >= 0.3 is 0 Å². The van der Waals surface area contributed by atoms with Crippen molar-refractivity contribution >= 4 is 46.7 Å². The van der Waals surface area contributed by atoms with Gasteiger partial charge < -0.3 is 15.2 Å². The second-order valence-corrected chi connectivity index (χ2v) is 5.71. The van der Waals surface area contributed by atoms with Crippen molar-refractivity contribution in [2.24, 2.45) is 10.2 Å². The molecule has 0 spiro atoms. The number of phenols is 1. The number of anilines is 1. The van der Waals surface area contributed by atoms with Crippen LogP contribution in [-0.4, -0.2) is 30.0 Å². The molecule has 0 aromatic heterocycles. The van der Waals surface area contributed by atoms with Crippen LogP contribution in [0.4, 0.5) is 5.69 Å². The van der Waals surface area contributed by atoms with Crippen molar-refractivity contribution in [1.82, 2.24) is 0 Å². The van der Waals surface area contributed by atoms with Gasteiger partial charge in [0.25, 0.3) is 5.91 Å². The van der Waals surface area contributed by atoms with Crippen molar-refractivity contribution in [3.63, 3.8) is 0 Å². The summed E-state index contributed by atoms with van der Waals surface area (Å²) in [5, 5.41) is 20.3. The molecule has 1 aliphatic rings. The smallest absolute Gasteiger partial charge is 0.276 e. The zero-order valence-corrected chi connectivity index (χ0v) is 13.9. The molecule has 24 heavy (non-hydrogen) atoms. The summed E-state index contributed by atoms with van der Waals surface area (Å²) >= 11 is 11.7. The van der Waals surface area contributed by atoms with E-state index in [0.717, 1.165) is 0 Å². The van der Waals surface area contributed by atoms with Crippen molar-refractivity contribution in [2.45, 2.75) is 0 Å². The number of amides is 1. The Labute approximate surface area is 147 Å². The Hall–Kier alpha value is -2.57. The Bertz CT molecular complexity index is 871. The second kappa shape index (κ2) is 6.51. The number of carbonyl (C=O) groups is 1. The molecule has 8 heteroatoms. The van der Waals surface area contributed by atoms with Crippen molar-refractivity contribution in [2.75, 3.05) is 12.4 Å². The third kappa shape index (κ3) is 3.06. The number of carbonyl (C=O) groups excluding carboxylic acids is 1. The minimum Gasteiger partial charge on any atom is -0.505 e. The van der Waals surface area contributed by atoms with Crippen molar-refractivity contribution < 1.29 is 14.6 Å². The topological polar surface area (TPSA) is 83.3 Å². The second-order valence-electron chi connectivity index (χ2n) is 4.89. The first-order chi connectivity index (χ1) is 11.5. The first-order valence-electron chi connectivity index (χ1n) is 6.78. The Morgan fingerprint density at radius 3 is 2.58 bits per heavy atom. The van der Waals surface area contributed by atoms with Crippen LogP contribution in [0.1, 0.15) is 11.1 Å².